The molecule has 310 valence electrons. The monoisotopic (exact) mass is 813 g/mol. The van der Waals surface area contributed by atoms with Crippen molar-refractivity contribution in [1.29, 1.82) is 0 Å². The normalized spacial score (nSPS) is 30.0. The van der Waals surface area contributed by atoms with Crippen LogP contribution in [0.1, 0.15) is 124 Å². The highest BCUT2D eigenvalue weighted by molar-refractivity contribution is 7.09. The van der Waals surface area contributed by atoms with Crippen molar-refractivity contribution < 1.29 is 29.3 Å². The van der Waals surface area contributed by atoms with E-state index in [2.05, 4.69) is 44.2 Å². The van der Waals surface area contributed by atoms with Crippen LogP contribution in [0.5, 0.6) is 0 Å². The third kappa shape index (κ3) is 7.03. The first-order valence-corrected chi connectivity index (χ1v) is 22.4. The summed E-state index contributed by atoms with van der Waals surface area (Å²) < 4.78 is 6.17. The summed E-state index contributed by atoms with van der Waals surface area (Å²) >= 11 is 1.65. The van der Waals surface area contributed by atoms with Gasteiger partial charge in [-0.15, -0.1) is 11.3 Å². The van der Waals surface area contributed by atoms with Crippen LogP contribution < -0.4 is 0 Å². The van der Waals surface area contributed by atoms with E-state index in [0.29, 0.717) is 75.5 Å². The molecule has 5 aliphatic rings. The van der Waals surface area contributed by atoms with Crippen molar-refractivity contribution in [2.24, 2.45) is 16.2 Å². The van der Waals surface area contributed by atoms with Gasteiger partial charge in [-0.3, -0.25) is 14.4 Å². The highest BCUT2D eigenvalue weighted by atomic mass is 32.1. The lowest BCUT2D eigenvalue weighted by molar-refractivity contribution is -0.177. The molecule has 2 N–H and O–H groups in total. The number of esters is 1. The van der Waals surface area contributed by atoms with Gasteiger partial charge >= 0.3 is 5.97 Å². The van der Waals surface area contributed by atoms with E-state index in [4.69, 9.17) is 4.74 Å². The minimum Gasteiger partial charge on any atom is -0.448 e. The van der Waals surface area contributed by atoms with E-state index in [-0.39, 0.29) is 30.1 Å². The number of amides is 1. The molecule has 9 rings (SSSR count). The van der Waals surface area contributed by atoms with Crippen molar-refractivity contribution >= 4 is 29.0 Å². The van der Waals surface area contributed by atoms with Crippen molar-refractivity contribution in [2.75, 3.05) is 13.1 Å². The quantitative estimate of drug-likeness (QED) is 0.0991. The van der Waals surface area contributed by atoms with E-state index < -0.39 is 33.6 Å². The fourth-order valence-corrected chi connectivity index (χ4v) is 11.7. The molecule has 3 fully saturated rings. The zero-order valence-corrected chi connectivity index (χ0v) is 36.1. The molecule has 4 aliphatic carbocycles. The van der Waals surface area contributed by atoms with Crippen LogP contribution in [0.4, 0.5) is 0 Å². The van der Waals surface area contributed by atoms with Crippen LogP contribution in [0, 0.1) is 16.2 Å². The number of hydrogen-bond acceptors (Lipinski definition) is 7. The molecule has 1 aliphatic heterocycles. The average molecular weight is 814 g/mol. The topological polar surface area (TPSA) is 104 Å². The third-order valence-corrected chi connectivity index (χ3v) is 16.5. The van der Waals surface area contributed by atoms with Gasteiger partial charge in [-0.2, -0.15) is 0 Å². The molecule has 2 heterocycles. The Labute approximate surface area is 353 Å². The van der Waals surface area contributed by atoms with E-state index in [1.54, 1.807) is 11.3 Å². The Morgan fingerprint density at radius 1 is 0.881 bits per heavy atom. The lowest BCUT2D eigenvalue weighted by atomic mass is 9.64. The third-order valence-electron chi connectivity index (χ3n) is 15.5. The largest absolute Gasteiger partial charge is 0.448 e. The maximum Gasteiger partial charge on any atom is 0.313 e. The van der Waals surface area contributed by atoms with Gasteiger partial charge in [0.2, 0.25) is 0 Å². The number of ketones is 1. The van der Waals surface area contributed by atoms with Crippen LogP contribution in [0.3, 0.4) is 0 Å². The number of thiophene rings is 1. The molecule has 1 saturated heterocycles. The number of rotatable bonds is 9. The molecule has 4 aromatic rings. The van der Waals surface area contributed by atoms with E-state index in [9.17, 15) is 19.8 Å². The zero-order chi connectivity index (χ0) is 41.8. The Kier molecular flexibility index (Phi) is 10.9. The predicted molar refractivity (Wildman–Crippen MR) is 233 cm³/mol. The van der Waals surface area contributed by atoms with Crippen LogP contribution in [0.25, 0.3) is 11.1 Å². The number of benzene rings is 3. The summed E-state index contributed by atoms with van der Waals surface area (Å²) in [5.41, 5.74) is 1.44. The number of allylic oxidation sites excluding steroid dienone is 2. The molecular formula is C51H59NO6S. The van der Waals surface area contributed by atoms with Gasteiger partial charge in [0, 0.05) is 33.4 Å². The number of nitrogens with zero attached hydrogens (tertiary/aromatic N) is 1. The Balaban J connectivity index is 1.19. The zero-order valence-electron chi connectivity index (χ0n) is 35.3. The van der Waals surface area contributed by atoms with Crippen molar-refractivity contribution in [3.05, 3.63) is 129 Å². The number of hydrogen-bond donors (Lipinski definition) is 2. The van der Waals surface area contributed by atoms with Gasteiger partial charge in [-0.1, -0.05) is 105 Å². The minimum atomic E-state index is -1.32. The lowest BCUT2D eigenvalue weighted by Crippen LogP contribution is -2.60. The Hall–Kier alpha value is -4.37. The molecule has 1 aromatic heterocycles. The molecule has 59 heavy (non-hydrogen) atoms. The van der Waals surface area contributed by atoms with Gasteiger partial charge in [0.15, 0.2) is 11.4 Å². The predicted octanol–water partition coefficient (Wildman–Crippen LogP) is 9.88. The molecule has 4 bridgehead atoms. The van der Waals surface area contributed by atoms with Crippen molar-refractivity contribution in [3.8, 4) is 11.1 Å². The van der Waals surface area contributed by atoms with Crippen LogP contribution in [-0.2, 0) is 27.2 Å². The SMILES string of the molecule is CC1=CCC[C@@]2(C)[C@@H](CC[C@@]2(O)CN(CCc2cccs2)C(=O)[C@@]23CC[C@@](C)(C(=O)O2)C3(C)C)c2ccc(cc2C(=O)c2ccc(-c3ccccc3)cc2)C[C@@H](O)CC1. The number of ether oxygens (including phenoxy) is 1. The van der Waals surface area contributed by atoms with Crippen LogP contribution >= 0.6 is 11.3 Å². The first-order chi connectivity index (χ1) is 28.1. The summed E-state index contributed by atoms with van der Waals surface area (Å²) in [6, 6.07) is 28.0. The number of carbonyl (C=O) groups excluding carboxylic acids is 3. The summed E-state index contributed by atoms with van der Waals surface area (Å²) in [5.74, 6) is -0.821. The highest BCUT2D eigenvalue weighted by Gasteiger charge is 2.76. The van der Waals surface area contributed by atoms with Crippen molar-refractivity contribution in [2.45, 2.75) is 122 Å². The van der Waals surface area contributed by atoms with Crippen LogP contribution in [0.15, 0.2) is 102 Å². The second-order valence-corrected chi connectivity index (χ2v) is 20.0. The summed E-state index contributed by atoms with van der Waals surface area (Å²) in [6.45, 7) is 10.6. The minimum absolute atomic E-state index is 0.0852. The maximum atomic E-state index is 15.2. The Morgan fingerprint density at radius 2 is 1.63 bits per heavy atom. The first kappa shape index (κ1) is 41.4. The molecule has 0 radical (unpaired) electrons. The smallest absolute Gasteiger partial charge is 0.313 e. The summed E-state index contributed by atoms with van der Waals surface area (Å²) in [6.07, 6.45) is 7.56. The second-order valence-electron chi connectivity index (χ2n) is 18.9. The van der Waals surface area contributed by atoms with Gasteiger partial charge in [0.25, 0.3) is 5.91 Å². The molecule has 7 nitrogen and oxygen atoms in total. The average Bonchev–Trinajstić information content (AvgIpc) is 3.93. The van der Waals surface area contributed by atoms with Gasteiger partial charge in [-0.25, -0.2) is 0 Å². The number of carbonyl (C=O) groups is 3. The summed E-state index contributed by atoms with van der Waals surface area (Å²) in [5, 5.41) is 26.5. The van der Waals surface area contributed by atoms with E-state index in [0.717, 1.165) is 33.6 Å². The van der Waals surface area contributed by atoms with Crippen LogP contribution in [0.2, 0.25) is 0 Å². The van der Waals surface area contributed by atoms with Gasteiger partial charge in [0.05, 0.1) is 23.7 Å². The summed E-state index contributed by atoms with van der Waals surface area (Å²) in [4.78, 5) is 46.4. The fraction of sp³-hybridized carbons (Fsp3) is 0.471. The number of aliphatic hydroxyl groups is 2. The van der Waals surface area contributed by atoms with Crippen molar-refractivity contribution in [1.82, 2.24) is 4.90 Å². The molecule has 2 saturated carbocycles. The molecule has 3 aromatic carbocycles. The van der Waals surface area contributed by atoms with Gasteiger partial charge in [0.1, 0.15) is 0 Å². The highest BCUT2D eigenvalue weighted by Crippen LogP contribution is 2.66. The Bertz CT molecular complexity index is 2250. The first-order valence-electron chi connectivity index (χ1n) is 21.6. The molecule has 8 heteroatoms. The molecule has 1 amide bonds. The van der Waals surface area contributed by atoms with Crippen LogP contribution in [-0.4, -0.2) is 63.2 Å². The van der Waals surface area contributed by atoms with E-state index in [1.807, 2.05) is 91.7 Å². The maximum absolute atomic E-state index is 15.2. The van der Waals surface area contributed by atoms with E-state index in [1.165, 1.54) is 5.57 Å². The number of aliphatic hydroxyl groups excluding tert-OH is 1. The fourth-order valence-electron chi connectivity index (χ4n) is 11.0. The second kappa shape index (κ2) is 15.6. The summed E-state index contributed by atoms with van der Waals surface area (Å²) in [7, 11) is 0. The Morgan fingerprint density at radius 3 is 2.31 bits per heavy atom. The molecule has 0 spiro atoms. The van der Waals surface area contributed by atoms with E-state index >= 15 is 4.79 Å². The van der Waals surface area contributed by atoms with Gasteiger partial charge in [-0.05, 0) is 124 Å². The standard InChI is InChI=1S/C51H59NO6S/c1-34-11-9-25-48(4)43(41-22-16-35(31-39(53)21-15-34)32-42(41)44(54)38-19-17-37(18-20-38)36-12-7-6-8-13-36)23-26-50(48,57)33-52(29-24-40-14-10-30-59-40)45(55)51-28-27-49(5,46(56)58-51)47(51,2)3/h6-8,10-14,16-20,22,30,32,39,43,53,57H,9,15,21,23-29,31,33H2,1-5H3/t39-,43-,48-,49-,50+,51+/m0/s1. The molecule has 0 unspecified atom stereocenters. The van der Waals surface area contributed by atoms with Crippen molar-refractivity contribution in [3.63, 3.8) is 0 Å². The number of fused-ring (bicyclic) bond motifs is 10. The molecular weight excluding hydrogens is 755 g/mol. The van der Waals surface area contributed by atoms with Gasteiger partial charge < -0.3 is 19.8 Å². The lowest BCUT2D eigenvalue weighted by Gasteiger charge is -2.47. The molecule has 6 atom stereocenters.